The van der Waals surface area contributed by atoms with Crippen molar-refractivity contribution in [3.8, 4) is 22.6 Å². The van der Waals surface area contributed by atoms with Crippen molar-refractivity contribution in [1.29, 1.82) is 0 Å². The van der Waals surface area contributed by atoms with Gasteiger partial charge in [-0.15, -0.1) is 0 Å². The molecule has 0 radical (unpaired) electrons. The van der Waals surface area contributed by atoms with Gasteiger partial charge in [0.25, 0.3) is 0 Å². The highest BCUT2D eigenvalue weighted by molar-refractivity contribution is 5.94. The number of methoxy groups -OCH3 is 1. The maximum Gasteiger partial charge on any atom is 0.162 e. The van der Waals surface area contributed by atoms with Crippen molar-refractivity contribution in [1.82, 2.24) is 4.98 Å². The highest BCUT2D eigenvalue weighted by Gasteiger charge is 2.19. The largest absolute Gasteiger partial charge is 0.493 e. The first-order valence-electron chi connectivity index (χ1n) is 8.54. The van der Waals surface area contributed by atoms with E-state index in [9.17, 15) is 0 Å². The van der Waals surface area contributed by atoms with E-state index in [0.29, 0.717) is 6.10 Å². The predicted molar refractivity (Wildman–Crippen MR) is 96.6 cm³/mol. The smallest absolute Gasteiger partial charge is 0.162 e. The minimum atomic E-state index is 0.309. The van der Waals surface area contributed by atoms with Gasteiger partial charge in [0.2, 0.25) is 0 Å². The van der Waals surface area contributed by atoms with E-state index < -0.39 is 0 Å². The average Bonchev–Trinajstić information content (AvgIpc) is 3.14. The Bertz CT molecular complexity index is 848. The fourth-order valence-electron chi connectivity index (χ4n) is 3.47. The minimum Gasteiger partial charge on any atom is -0.493 e. The van der Waals surface area contributed by atoms with E-state index in [1.54, 1.807) is 7.11 Å². The van der Waals surface area contributed by atoms with Crippen LogP contribution in [0.1, 0.15) is 25.7 Å². The predicted octanol–water partition coefficient (Wildman–Crippen LogP) is 5.23. The van der Waals surface area contributed by atoms with Gasteiger partial charge in [0.15, 0.2) is 11.5 Å². The third-order valence-electron chi connectivity index (χ3n) is 4.72. The summed E-state index contributed by atoms with van der Waals surface area (Å²) in [6, 6.07) is 16.5. The molecule has 2 aromatic carbocycles. The number of aromatic nitrogens is 1. The Morgan fingerprint density at radius 2 is 1.79 bits per heavy atom. The summed E-state index contributed by atoms with van der Waals surface area (Å²) < 4.78 is 11.7. The van der Waals surface area contributed by atoms with Crippen molar-refractivity contribution in [2.24, 2.45) is 0 Å². The van der Waals surface area contributed by atoms with Gasteiger partial charge < -0.3 is 9.47 Å². The highest BCUT2D eigenvalue weighted by Crippen LogP contribution is 2.37. The molecule has 1 aromatic heterocycles. The van der Waals surface area contributed by atoms with Gasteiger partial charge in [0, 0.05) is 11.6 Å². The molecule has 0 aliphatic heterocycles. The lowest BCUT2D eigenvalue weighted by atomic mass is 10.0. The molecule has 0 unspecified atom stereocenters. The molecule has 0 spiro atoms. The molecule has 0 saturated heterocycles. The second-order valence-corrected chi connectivity index (χ2v) is 6.27. The van der Waals surface area contributed by atoms with Gasteiger partial charge in [-0.05, 0) is 61.1 Å². The van der Waals surface area contributed by atoms with E-state index in [1.807, 2.05) is 30.5 Å². The van der Waals surface area contributed by atoms with E-state index in [1.165, 1.54) is 18.4 Å². The van der Waals surface area contributed by atoms with Gasteiger partial charge >= 0.3 is 0 Å². The molecular weight excluding hydrogens is 298 g/mol. The van der Waals surface area contributed by atoms with Gasteiger partial charge in [0.05, 0.1) is 18.7 Å². The van der Waals surface area contributed by atoms with Crippen molar-refractivity contribution >= 4 is 10.9 Å². The number of hydrogen-bond donors (Lipinski definition) is 0. The lowest BCUT2D eigenvalue weighted by Gasteiger charge is -2.17. The summed E-state index contributed by atoms with van der Waals surface area (Å²) in [7, 11) is 1.69. The van der Waals surface area contributed by atoms with Gasteiger partial charge in [-0.3, -0.25) is 4.98 Å². The van der Waals surface area contributed by atoms with Crippen LogP contribution in [0.5, 0.6) is 11.5 Å². The number of fused-ring (bicyclic) bond motifs is 1. The number of benzene rings is 2. The molecule has 24 heavy (non-hydrogen) atoms. The molecular formula is C21H21NO2. The van der Waals surface area contributed by atoms with Crippen LogP contribution in [-0.2, 0) is 0 Å². The summed E-state index contributed by atoms with van der Waals surface area (Å²) in [5.74, 6) is 1.63. The topological polar surface area (TPSA) is 31.4 Å². The molecule has 1 aliphatic rings. The lowest BCUT2D eigenvalue weighted by Crippen LogP contribution is -2.11. The molecule has 0 bridgehead atoms. The van der Waals surface area contributed by atoms with Crippen LogP contribution >= 0.6 is 0 Å². The zero-order valence-corrected chi connectivity index (χ0v) is 13.9. The van der Waals surface area contributed by atoms with E-state index in [-0.39, 0.29) is 0 Å². The van der Waals surface area contributed by atoms with Crippen molar-refractivity contribution in [2.45, 2.75) is 31.8 Å². The molecule has 3 nitrogen and oxygen atoms in total. The average molecular weight is 319 g/mol. The van der Waals surface area contributed by atoms with Crippen LogP contribution in [0, 0.1) is 0 Å². The fourth-order valence-corrected chi connectivity index (χ4v) is 3.47. The summed E-state index contributed by atoms with van der Waals surface area (Å²) in [5.41, 5.74) is 3.30. The van der Waals surface area contributed by atoms with Gasteiger partial charge in [0.1, 0.15) is 0 Å². The molecule has 3 heteroatoms. The maximum atomic E-state index is 6.23. The monoisotopic (exact) mass is 319 g/mol. The Balaban J connectivity index is 1.77. The zero-order valence-electron chi connectivity index (χ0n) is 13.9. The van der Waals surface area contributed by atoms with E-state index in [0.717, 1.165) is 40.8 Å². The number of para-hydroxylation sites is 1. The van der Waals surface area contributed by atoms with Crippen LogP contribution in [0.3, 0.4) is 0 Å². The van der Waals surface area contributed by atoms with Crippen molar-refractivity contribution < 1.29 is 9.47 Å². The minimum absolute atomic E-state index is 0.309. The van der Waals surface area contributed by atoms with Crippen molar-refractivity contribution in [3.05, 3.63) is 54.7 Å². The second-order valence-electron chi connectivity index (χ2n) is 6.27. The Morgan fingerprint density at radius 1 is 0.958 bits per heavy atom. The summed E-state index contributed by atoms with van der Waals surface area (Å²) in [4.78, 5) is 4.45. The fraction of sp³-hybridized carbons (Fsp3) is 0.286. The molecule has 1 saturated carbocycles. The first-order valence-corrected chi connectivity index (χ1v) is 8.54. The van der Waals surface area contributed by atoms with Crippen LogP contribution in [0.25, 0.3) is 22.0 Å². The molecule has 1 fully saturated rings. The molecule has 0 amide bonds. The number of rotatable bonds is 4. The molecule has 122 valence electrons. The highest BCUT2D eigenvalue weighted by atomic mass is 16.5. The second kappa shape index (κ2) is 6.52. The normalized spacial score (nSPS) is 14.9. The third kappa shape index (κ3) is 2.82. The Kier molecular flexibility index (Phi) is 4.08. The Labute approximate surface area is 142 Å². The summed E-state index contributed by atoms with van der Waals surface area (Å²) >= 11 is 0. The first-order chi connectivity index (χ1) is 11.8. The molecule has 1 heterocycles. The van der Waals surface area contributed by atoms with Crippen molar-refractivity contribution in [3.63, 3.8) is 0 Å². The molecule has 3 aromatic rings. The molecule has 1 aliphatic carbocycles. The number of nitrogens with zero attached hydrogens (tertiary/aromatic N) is 1. The number of ether oxygens (including phenoxy) is 2. The van der Waals surface area contributed by atoms with Crippen LogP contribution < -0.4 is 9.47 Å². The van der Waals surface area contributed by atoms with Gasteiger partial charge in [-0.1, -0.05) is 24.3 Å². The van der Waals surface area contributed by atoms with Crippen molar-refractivity contribution in [2.75, 3.05) is 7.11 Å². The van der Waals surface area contributed by atoms with E-state index in [4.69, 9.17) is 9.47 Å². The Hall–Kier alpha value is -2.55. The SMILES string of the molecule is COc1ccc(-c2ccnc3ccccc23)cc1OC1CCCC1. The van der Waals surface area contributed by atoms with Crippen LogP contribution in [0.4, 0.5) is 0 Å². The molecule has 0 N–H and O–H groups in total. The summed E-state index contributed by atoms with van der Waals surface area (Å²) in [6.45, 7) is 0. The maximum absolute atomic E-state index is 6.23. The lowest BCUT2D eigenvalue weighted by molar-refractivity contribution is 0.201. The van der Waals surface area contributed by atoms with E-state index in [2.05, 4.69) is 29.2 Å². The van der Waals surface area contributed by atoms with Gasteiger partial charge in [-0.25, -0.2) is 0 Å². The van der Waals surface area contributed by atoms with Crippen LogP contribution in [0.15, 0.2) is 54.7 Å². The number of hydrogen-bond acceptors (Lipinski definition) is 3. The third-order valence-corrected chi connectivity index (χ3v) is 4.72. The molecule has 0 atom stereocenters. The summed E-state index contributed by atoms with van der Waals surface area (Å²) in [6.07, 6.45) is 6.93. The molecule has 4 rings (SSSR count). The van der Waals surface area contributed by atoms with Crippen LogP contribution in [-0.4, -0.2) is 18.2 Å². The van der Waals surface area contributed by atoms with Gasteiger partial charge in [-0.2, -0.15) is 0 Å². The quantitative estimate of drug-likeness (QED) is 0.659. The van der Waals surface area contributed by atoms with Crippen LogP contribution in [0.2, 0.25) is 0 Å². The first kappa shape index (κ1) is 15.0. The standard InChI is InChI=1S/C21H21NO2/c1-23-20-11-10-15(14-21(20)24-16-6-2-3-7-16)17-12-13-22-19-9-5-4-8-18(17)19/h4-5,8-14,16H,2-3,6-7H2,1H3. The summed E-state index contributed by atoms with van der Waals surface area (Å²) in [5, 5.41) is 1.15. The van der Waals surface area contributed by atoms with E-state index >= 15 is 0 Å². The Morgan fingerprint density at radius 3 is 2.62 bits per heavy atom. The zero-order chi connectivity index (χ0) is 16.4. The number of pyridine rings is 1.